The van der Waals surface area contributed by atoms with E-state index in [-0.39, 0.29) is 17.7 Å². The van der Waals surface area contributed by atoms with Gasteiger partial charge in [-0.1, -0.05) is 0 Å². The molecule has 2 N–H and O–H groups in total. The van der Waals surface area contributed by atoms with Crippen LogP contribution in [0.4, 0.5) is 19.0 Å². The fourth-order valence-electron chi connectivity index (χ4n) is 2.99. The number of anilines is 1. The van der Waals surface area contributed by atoms with Crippen LogP contribution < -0.4 is 5.32 Å². The predicted molar refractivity (Wildman–Crippen MR) is 87.3 cm³/mol. The van der Waals surface area contributed by atoms with Gasteiger partial charge in [-0.2, -0.15) is 13.2 Å². The molecule has 6 nitrogen and oxygen atoms in total. The van der Waals surface area contributed by atoms with E-state index >= 15 is 0 Å². The molecule has 3 rings (SSSR count). The van der Waals surface area contributed by atoms with Crippen LogP contribution in [0.1, 0.15) is 31.4 Å². The summed E-state index contributed by atoms with van der Waals surface area (Å²) in [5, 5.41) is 12.0. The van der Waals surface area contributed by atoms with Gasteiger partial charge in [0.1, 0.15) is 5.82 Å². The average molecular weight is 366 g/mol. The molecular formula is C17H17F3N4O2. The molecule has 9 heteroatoms. The zero-order valence-corrected chi connectivity index (χ0v) is 13.7. The van der Waals surface area contributed by atoms with Gasteiger partial charge in [0.2, 0.25) is 0 Å². The SMILES string of the molecule is O=C(O)C1CCC(Nc2cc(C(F)(F)F)nc(-c3ccncc3)n2)CC1. The maximum atomic E-state index is 13.2. The number of hydrogen-bond acceptors (Lipinski definition) is 5. The molecule has 0 aliphatic heterocycles. The summed E-state index contributed by atoms with van der Waals surface area (Å²) >= 11 is 0. The maximum absolute atomic E-state index is 13.2. The van der Waals surface area contributed by atoms with Crippen molar-refractivity contribution < 1.29 is 23.1 Å². The molecule has 1 aliphatic rings. The molecule has 2 aromatic rings. The summed E-state index contributed by atoms with van der Waals surface area (Å²) in [5.41, 5.74) is -0.593. The first kappa shape index (κ1) is 18.1. The van der Waals surface area contributed by atoms with E-state index in [4.69, 9.17) is 5.11 Å². The molecule has 0 spiro atoms. The highest BCUT2D eigenvalue weighted by atomic mass is 19.4. The Hall–Kier alpha value is -2.71. The normalized spacial score (nSPS) is 20.6. The van der Waals surface area contributed by atoms with E-state index in [0.29, 0.717) is 31.2 Å². The molecule has 0 radical (unpaired) electrons. The highest BCUT2D eigenvalue weighted by molar-refractivity contribution is 5.70. The number of carbonyl (C=O) groups is 1. The van der Waals surface area contributed by atoms with Gasteiger partial charge in [-0.25, -0.2) is 9.97 Å². The molecule has 0 bridgehead atoms. The second-order valence-electron chi connectivity index (χ2n) is 6.23. The molecule has 0 unspecified atom stereocenters. The molecule has 0 amide bonds. The van der Waals surface area contributed by atoms with Crippen molar-refractivity contribution in [3.05, 3.63) is 36.3 Å². The lowest BCUT2D eigenvalue weighted by Crippen LogP contribution is -2.29. The summed E-state index contributed by atoms with van der Waals surface area (Å²) in [6.45, 7) is 0. The lowest BCUT2D eigenvalue weighted by molar-refractivity contribution is -0.143. The molecule has 1 saturated carbocycles. The standard InChI is InChI=1S/C17H17F3N4O2/c18-17(19,20)13-9-14(22-12-3-1-11(2-4-12)16(25)26)24-15(23-13)10-5-7-21-8-6-10/h5-9,11-12H,1-4H2,(H,25,26)(H,22,23,24). The first-order chi connectivity index (χ1) is 12.3. The Balaban J connectivity index is 1.84. The molecule has 1 fully saturated rings. The van der Waals surface area contributed by atoms with Crippen LogP contribution in [-0.4, -0.2) is 32.1 Å². The monoisotopic (exact) mass is 366 g/mol. The first-order valence-corrected chi connectivity index (χ1v) is 8.19. The number of rotatable bonds is 4. The van der Waals surface area contributed by atoms with Gasteiger partial charge in [0.25, 0.3) is 0 Å². The third-order valence-electron chi connectivity index (χ3n) is 4.38. The number of alkyl halides is 3. The molecule has 0 saturated heterocycles. The molecule has 26 heavy (non-hydrogen) atoms. The van der Waals surface area contributed by atoms with Crippen molar-refractivity contribution in [3.63, 3.8) is 0 Å². The number of aromatic nitrogens is 3. The van der Waals surface area contributed by atoms with Crippen LogP contribution in [0.2, 0.25) is 0 Å². The Morgan fingerprint density at radius 1 is 1.12 bits per heavy atom. The van der Waals surface area contributed by atoms with Gasteiger partial charge < -0.3 is 10.4 Å². The number of halogens is 3. The van der Waals surface area contributed by atoms with E-state index in [2.05, 4.69) is 20.3 Å². The number of nitrogens with zero attached hydrogens (tertiary/aromatic N) is 3. The van der Waals surface area contributed by atoms with Crippen LogP contribution in [0.15, 0.2) is 30.6 Å². The van der Waals surface area contributed by atoms with Gasteiger partial charge in [0.05, 0.1) is 5.92 Å². The Morgan fingerprint density at radius 2 is 1.77 bits per heavy atom. The Morgan fingerprint density at radius 3 is 2.35 bits per heavy atom. The summed E-state index contributed by atoms with van der Waals surface area (Å²) in [6, 6.07) is 3.84. The third-order valence-corrected chi connectivity index (χ3v) is 4.38. The van der Waals surface area contributed by atoms with E-state index in [0.717, 1.165) is 6.07 Å². The molecule has 0 atom stereocenters. The van der Waals surface area contributed by atoms with E-state index in [1.54, 1.807) is 0 Å². The van der Waals surface area contributed by atoms with Gasteiger partial charge >= 0.3 is 12.1 Å². The van der Waals surface area contributed by atoms with E-state index in [1.165, 1.54) is 24.5 Å². The number of aliphatic carboxylic acids is 1. The van der Waals surface area contributed by atoms with Gasteiger partial charge in [-0.15, -0.1) is 0 Å². The summed E-state index contributed by atoms with van der Waals surface area (Å²) in [5.74, 6) is -1.18. The Bertz CT molecular complexity index is 775. The van der Waals surface area contributed by atoms with Crippen molar-refractivity contribution >= 4 is 11.8 Å². The molecule has 0 aromatic carbocycles. The van der Waals surface area contributed by atoms with Crippen molar-refractivity contribution in [1.29, 1.82) is 0 Å². The van der Waals surface area contributed by atoms with E-state index < -0.39 is 23.8 Å². The largest absolute Gasteiger partial charge is 0.481 e. The minimum atomic E-state index is -4.60. The third kappa shape index (κ3) is 4.27. The van der Waals surface area contributed by atoms with Crippen LogP contribution >= 0.6 is 0 Å². The lowest BCUT2D eigenvalue weighted by Gasteiger charge is -2.27. The first-order valence-electron chi connectivity index (χ1n) is 8.19. The van der Waals surface area contributed by atoms with Gasteiger partial charge in [-0.05, 0) is 37.8 Å². The fraction of sp³-hybridized carbons (Fsp3) is 0.412. The van der Waals surface area contributed by atoms with Gasteiger partial charge in [0, 0.05) is 30.1 Å². The van der Waals surface area contributed by atoms with Crippen molar-refractivity contribution in [2.24, 2.45) is 5.92 Å². The highest BCUT2D eigenvalue weighted by Crippen LogP contribution is 2.32. The van der Waals surface area contributed by atoms with E-state index in [9.17, 15) is 18.0 Å². The molecular weight excluding hydrogens is 349 g/mol. The van der Waals surface area contributed by atoms with Crippen molar-refractivity contribution in [2.75, 3.05) is 5.32 Å². The van der Waals surface area contributed by atoms with Crippen molar-refractivity contribution in [2.45, 2.75) is 37.9 Å². The Kier molecular flexibility index (Phi) is 5.06. The minimum absolute atomic E-state index is 0.0380. The van der Waals surface area contributed by atoms with Crippen LogP contribution in [0, 0.1) is 5.92 Å². The van der Waals surface area contributed by atoms with Gasteiger partial charge in [0.15, 0.2) is 11.5 Å². The van der Waals surface area contributed by atoms with Crippen LogP contribution in [0.3, 0.4) is 0 Å². The number of carboxylic acids is 1. The zero-order chi connectivity index (χ0) is 18.7. The smallest absolute Gasteiger partial charge is 0.433 e. The summed E-state index contributed by atoms with van der Waals surface area (Å²) < 4.78 is 39.6. The van der Waals surface area contributed by atoms with Crippen LogP contribution in [0.5, 0.6) is 0 Å². The van der Waals surface area contributed by atoms with Crippen molar-refractivity contribution in [1.82, 2.24) is 15.0 Å². The van der Waals surface area contributed by atoms with Crippen molar-refractivity contribution in [3.8, 4) is 11.4 Å². The number of hydrogen-bond donors (Lipinski definition) is 2. The zero-order valence-electron chi connectivity index (χ0n) is 13.7. The predicted octanol–water partition coefficient (Wildman–Crippen LogP) is 3.61. The maximum Gasteiger partial charge on any atom is 0.433 e. The summed E-state index contributed by atoms with van der Waals surface area (Å²) in [7, 11) is 0. The average Bonchev–Trinajstić information content (AvgIpc) is 2.62. The summed E-state index contributed by atoms with van der Waals surface area (Å²) in [6.07, 6.45) is 0.420. The number of nitrogens with one attached hydrogen (secondary N) is 1. The number of pyridine rings is 1. The quantitative estimate of drug-likeness (QED) is 0.859. The summed E-state index contributed by atoms with van der Waals surface area (Å²) in [4.78, 5) is 22.7. The van der Waals surface area contributed by atoms with Crippen LogP contribution in [-0.2, 0) is 11.0 Å². The molecule has 138 valence electrons. The van der Waals surface area contributed by atoms with E-state index in [1.807, 2.05) is 0 Å². The highest BCUT2D eigenvalue weighted by Gasteiger charge is 2.34. The molecule has 2 heterocycles. The van der Waals surface area contributed by atoms with Gasteiger partial charge in [-0.3, -0.25) is 9.78 Å². The second kappa shape index (κ2) is 7.27. The fourth-order valence-corrected chi connectivity index (χ4v) is 2.99. The Labute approximate surface area is 147 Å². The van der Waals surface area contributed by atoms with Crippen LogP contribution in [0.25, 0.3) is 11.4 Å². The minimum Gasteiger partial charge on any atom is -0.481 e. The molecule has 1 aliphatic carbocycles. The second-order valence-corrected chi connectivity index (χ2v) is 6.23. The molecule has 2 aromatic heterocycles. The topological polar surface area (TPSA) is 88.0 Å². The number of carboxylic acid groups (broad SMARTS) is 1. The lowest BCUT2D eigenvalue weighted by atomic mass is 9.86.